The highest BCUT2D eigenvalue weighted by molar-refractivity contribution is 6.33. The monoisotopic (exact) mass is 241 g/mol. The summed E-state index contributed by atoms with van der Waals surface area (Å²) in [5, 5.41) is 3.89. The van der Waals surface area contributed by atoms with Gasteiger partial charge >= 0.3 is 0 Å². The second-order valence-electron chi connectivity index (χ2n) is 4.94. The molecule has 1 fully saturated rings. The van der Waals surface area contributed by atoms with Gasteiger partial charge in [0, 0.05) is 6.04 Å². The molecule has 1 aliphatic carbocycles. The minimum Gasteiger partial charge on any atom is -0.381 e. The van der Waals surface area contributed by atoms with Gasteiger partial charge in [0.1, 0.15) is 5.82 Å². The molecule has 0 atom stereocenters. The molecule has 0 radical (unpaired) electrons. The van der Waals surface area contributed by atoms with E-state index < -0.39 is 0 Å². The zero-order valence-electron chi connectivity index (χ0n) is 9.63. The third-order valence-corrected chi connectivity index (χ3v) is 3.73. The number of benzene rings is 1. The summed E-state index contributed by atoms with van der Waals surface area (Å²) < 4.78 is 13.0. The zero-order valence-corrected chi connectivity index (χ0v) is 10.4. The van der Waals surface area contributed by atoms with Crippen LogP contribution in [0.25, 0.3) is 0 Å². The predicted octanol–water partition coefficient (Wildman–Crippen LogP) is 4.33. The number of hydrogen-bond donors (Lipinski definition) is 1. The molecule has 0 bridgehead atoms. The smallest absolute Gasteiger partial charge is 0.125 e. The van der Waals surface area contributed by atoms with Gasteiger partial charge in [-0.05, 0) is 42.9 Å². The number of halogens is 2. The Labute approximate surface area is 101 Å². The van der Waals surface area contributed by atoms with Crippen molar-refractivity contribution in [1.29, 1.82) is 0 Å². The Hall–Kier alpha value is -0.760. The van der Waals surface area contributed by atoms with Crippen molar-refractivity contribution in [3.63, 3.8) is 0 Å². The van der Waals surface area contributed by atoms with E-state index >= 15 is 0 Å². The van der Waals surface area contributed by atoms with E-state index in [0.29, 0.717) is 16.8 Å². The maximum atomic E-state index is 13.0. The fraction of sp³-hybridized carbons (Fsp3) is 0.538. The third-order valence-electron chi connectivity index (χ3n) is 3.41. The van der Waals surface area contributed by atoms with Gasteiger partial charge in [-0.1, -0.05) is 25.4 Å². The molecule has 1 N–H and O–H groups in total. The highest BCUT2D eigenvalue weighted by Crippen LogP contribution is 2.36. The molecule has 0 heterocycles. The standard InChI is InChI=1S/C13H17ClFN/c1-8(2)9-5-11(6-9)16-13-7-10(15)3-4-12(13)14/h3-4,7-9,11,16H,5-6H2,1-2H3. The first-order valence-electron chi connectivity index (χ1n) is 5.78. The third kappa shape index (κ3) is 2.49. The van der Waals surface area contributed by atoms with Crippen LogP contribution in [0.3, 0.4) is 0 Å². The Morgan fingerprint density at radius 2 is 2.06 bits per heavy atom. The molecule has 0 spiro atoms. The molecule has 0 aliphatic heterocycles. The van der Waals surface area contributed by atoms with Gasteiger partial charge in [-0.2, -0.15) is 0 Å². The fourth-order valence-corrected chi connectivity index (χ4v) is 2.32. The van der Waals surface area contributed by atoms with Crippen molar-refractivity contribution >= 4 is 17.3 Å². The normalized spacial score (nSPS) is 24.3. The Kier molecular flexibility index (Phi) is 3.38. The van der Waals surface area contributed by atoms with Crippen molar-refractivity contribution in [2.75, 3.05) is 5.32 Å². The average molecular weight is 242 g/mol. The minimum absolute atomic E-state index is 0.244. The summed E-state index contributed by atoms with van der Waals surface area (Å²) in [4.78, 5) is 0. The summed E-state index contributed by atoms with van der Waals surface area (Å²) in [7, 11) is 0. The molecule has 1 nitrogen and oxygen atoms in total. The van der Waals surface area contributed by atoms with Crippen LogP contribution in [0.5, 0.6) is 0 Å². The Morgan fingerprint density at radius 1 is 1.38 bits per heavy atom. The van der Waals surface area contributed by atoms with Crippen LogP contribution in [0.4, 0.5) is 10.1 Å². The topological polar surface area (TPSA) is 12.0 Å². The summed E-state index contributed by atoms with van der Waals surface area (Å²) >= 11 is 5.99. The SMILES string of the molecule is CC(C)C1CC(Nc2cc(F)ccc2Cl)C1. The van der Waals surface area contributed by atoms with Crippen molar-refractivity contribution in [2.24, 2.45) is 11.8 Å². The van der Waals surface area contributed by atoms with E-state index in [9.17, 15) is 4.39 Å². The number of hydrogen-bond acceptors (Lipinski definition) is 1. The Balaban J connectivity index is 1.94. The lowest BCUT2D eigenvalue weighted by Gasteiger charge is -2.39. The maximum Gasteiger partial charge on any atom is 0.125 e. The zero-order chi connectivity index (χ0) is 11.7. The number of anilines is 1. The Bertz CT molecular complexity index is 372. The van der Waals surface area contributed by atoms with Crippen LogP contribution in [0.2, 0.25) is 5.02 Å². The van der Waals surface area contributed by atoms with Crippen LogP contribution in [-0.2, 0) is 0 Å². The van der Waals surface area contributed by atoms with Gasteiger partial charge in [-0.15, -0.1) is 0 Å². The summed E-state index contributed by atoms with van der Waals surface area (Å²) in [6, 6.07) is 4.89. The van der Waals surface area contributed by atoms with Gasteiger partial charge in [0.2, 0.25) is 0 Å². The molecule has 88 valence electrons. The van der Waals surface area contributed by atoms with Gasteiger partial charge in [0.15, 0.2) is 0 Å². The fourth-order valence-electron chi connectivity index (χ4n) is 2.15. The van der Waals surface area contributed by atoms with Crippen LogP contribution in [0.1, 0.15) is 26.7 Å². The Morgan fingerprint density at radius 3 is 2.69 bits per heavy atom. The van der Waals surface area contributed by atoms with Gasteiger partial charge < -0.3 is 5.32 Å². The molecule has 0 unspecified atom stereocenters. The molecule has 0 saturated heterocycles. The van der Waals surface area contributed by atoms with Crippen molar-refractivity contribution < 1.29 is 4.39 Å². The van der Waals surface area contributed by atoms with Crippen molar-refractivity contribution in [1.82, 2.24) is 0 Å². The summed E-state index contributed by atoms with van der Waals surface area (Å²) in [6.07, 6.45) is 2.31. The van der Waals surface area contributed by atoms with Crippen LogP contribution in [0.15, 0.2) is 18.2 Å². The molecule has 1 aromatic carbocycles. The lowest BCUT2D eigenvalue weighted by molar-refractivity contribution is 0.212. The second-order valence-corrected chi connectivity index (χ2v) is 5.35. The van der Waals surface area contributed by atoms with E-state index in [-0.39, 0.29) is 5.82 Å². The first-order valence-corrected chi connectivity index (χ1v) is 6.15. The maximum absolute atomic E-state index is 13.0. The van der Waals surface area contributed by atoms with E-state index in [2.05, 4.69) is 19.2 Å². The highest BCUT2D eigenvalue weighted by Gasteiger charge is 2.31. The minimum atomic E-state index is -0.244. The highest BCUT2D eigenvalue weighted by atomic mass is 35.5. The predicted molar refractivity (Wildman–Crippen MR) is 66.4 cm³/mol. The van der Waals surface area contributed by atoms with E-state index in [0.717, 1.165) is 24.7 Å². The quantitative estimate of drug-likeness (QED) is 0.831. The van der Waals surface area contributed by atoms with Gasteiger partial charge in [-0.3, -0.25) is 0 Å². The van der Waals surface area contributed by atoms with Crippen LogP contribution in [-0.4, -0.2) is 6.04 Å². The lowest BCUT2D eigenvalue weighted by atomic mass is 9.73. The molecule has 3 heteroatoms. The average Bonchev–Trinajstić information content (AvgIpc) is 2.15. The van der Waals surface area contributed by atoms with E-state index in [1.165, 1.54) is 12.1 Å². The molecular formula is C13H17ClFN. The first kappa shape index (κ1) is 11.7. The van der Waals surface area contributed by atoms with Gasteiger partial charge in [-0.25, -0.2) is 4.39 Å². The molecule has 1 saturated carbocycles. The molecular weight excluding hydrogens is 225 g/mol. The molecule has 0 amide bonds. The summed E-state index contributed by atoms with van der Waals surface area (Å²) in [5.74, 6) is 1.29. The van der Waals surface area contributed by atoms with E-state index in [4.69, 9.17) is 11.6 Å². The van der Waals surface area contributed by atoms with Crippen LogP contribution in [0, 0.1) is 17.7 Å². The van der Waals surface area contributed by atoms with Crippen molar-refractivity contribution in [2.45, 2.75) is 32.7 Å². The van der Waals surface area contributed by atoms with Crippen molar-refractivity contribution in [3.05, 3.63) is 29.0 Å². The van der Waals surface area contributed by atoms with E-state index in [1.54, 1.807) is 6.07 Å². The summed E-state index contributed by atoms with van der Waals surface area (Å²) in [5.41, 5.74) is 0.717. The number of rotatable bonds is 3. The van der Waals surface area contributed by atoms with Gasteiger partial charge in [0.25, 0.3) is 0 Å². The molecule has 2 rings (SSSR count). The number of nitrogens with one attached hydrogen (secondary N) is 1. The largest absolute Gasteiger partial charge is 0.381 e. The second kappa shape index (κ2) is 4.62. The van der Waals surface area contributed by atoms with Crippen molar-refractivity contribution in [3.8, 4) is 0 Å². The van der Waals surface area contributed by atoms with Gasteiger partial charge in [0.05, 0.1) is 10.7 Å². The molecule has 1 aliphatic rings. The van der Waals surface area contributed by atoms with E-state index in [1.807, 2.05) is 0 Å². The van der Waals surface area contributed by atoms with Crippen LogP contribution >= 0.6 is 11.6 Å². The molecule has 0 aromatic heterocycles. The first-order chi connectivity index (χ1) is 7.56. The molecule has 16 heavy (non-hydrogen) atoms. The van der Waals surface area contributed by atoms with Crippen LogP contribution < -0.4 is 5.32 Å². The molecule has 1 aromatic rings. The summed E-state index contributed by atoms with van der Waals surface area (Å²) in [6.45, 7) is 4.49. The lowest BCUT2D eigenvalue weighted by Crippen LogP contribution is -2.37.